The van der Waals surface area contributed by atoms with Crippen LogP contribution >= 0.6 is 0 Å². The molecule has 0 fully saturated rings. The molecular formula is C20H33NO2S. The van der Waals surface area contributed by atoms with Crippen molar-refractivity contribution in [1.82, 2.24) is 4.72 Å². The molecule has 1 rings (SSSR count). The Morgan fingerprint density at radius 3 is 2.29 bits per heavy atom. The SMILES string of the molecule is CCCCC/C=C/C[C@@H](CCCC)NS(=O)(=O)c1ccc(C)cc1. The van der Waals surface area contributed by atoms with Crippen LogP contribution in [0.15, 0.2) is 41.3 Å². The van der Waals surface area contributed by atoms with Crippen LogP contribution in [-0.4, -0.2) is 14.5 Å². The molecule has 1 atom stereocenters. The summed E-state index contributed by atoms with van der Waals surface area (Å²) in [6.45, 7) is 6.29. The quantitative estimate of drug-likeness (QED) is 0.407. The van der Waals surface area contributed by atoms with Crippen LogP contribution in [0.1, 0.15) is 70.8 Å². The maximum absolute atomic E-state index is 12.6. The Bertz CT molecular complexity index is 576. The zero-order valence-electron chi connectivity index (χ0n) is 15.4. The van der Waals surface area contributed by atoms with Gasteiger partial charge in [-0.25, -0.2) is 13.1 Å². The minimum absolute atomic E-state index is 0.0290. The minimum Gasteiger partial charge on any atom is -0.208 e. The first-order valence-electron chi connectivity index (χ1n) is 9.23. The van der Waals surface area contributed by atoms with Gasteiger partial charge in [0.1, 0.15) is 0 Å². The first kappa shape index (κ1) is 20.9. The van der Waals surface area contributed by atoms with Crippen molar-refractivity contribution in [3.63, 3.8) is 0 Å². The minimum atomic E-state index is -3.44. The Morgan fingerprint density at radius 2 is 1.67 bits per heavy atom. The van der Waals surface area contributed by atoms with E-state index in [0.29, 0.717) is 4.90 Å². The lowest BCUT2D eigenvalue weighted by atomic mass is 10.1. The third-order valence-corrected chi connectivity index (χ3v) is 5.66. The van der Waals surface area contributed by atoms with Gasteiger partial charge >= 0.3 is 0 Å². The van der Waals surface area contributed by atoms with Crippen molar-refractivity contribution in [2.75, 3.05) is 0 Å². The van der Waals surface area contributed by atoms with E-state index in [-0.39, 0.29) is 6.04 Å². The number of unbranched alkanes of at least 4 members (excludes halogenated alkanes) is 4. The molecule has 0 aromatic heterocycles. The molecule has 0 bridgehead atoms. The van der Waals surface area contributed by atoms with Crippen LogP contribution in [-0.2, 0) is 10.0 Å². The molecular weight excluding hydrogens is 318 g/mol. The fraction of sp³-hybridized carbons (Fsp3) is 0.600. The van der Waals surface area contributed by atoms with Crippen LogP contribution in [0.3, 0.4) is 0 Å². The monoisotopic (exact) mass is 351 g/mol. The second kappa shape index (κ2) is 11.4. The number of hydrogen-bond donors (Lipinski definition) is 1. The lowest BCUT2D eigenvalue weighted by Gasteiger charge is -2.17. The molecule has 0 amide bonds. The topological polar surface area (TPSA) is 46.2 Å². The number of hydrogen-bond acceptors (Lipinski definition) is 2. The predicted octanol–water partition coefficient (Wildman–Crippen LogP) is 5.36. The molecule has 0 aliphatic carbocycles. The molecule has 0 saturated heterocycles. The Balaban J connectivity index is 2.65. The van der Waals surface area contributed by atoms with E-state index >= 15 is 0 Å². The molecule has 0 heterocycles. The summed E-state index contributed by atoms with van der Waals surface area (Å²) in [7, 11) is -3.44. The average molecular weight is 352 g/mol. The third-order valence-electron chi connectivity index (χ3n) is 4.12. The van der Waals surface area contributed by atoms with Crippen molar-refractivity contribution in [3.8, 4) is 0 Å². The Hall–Kier alpha value is -1.13. The summed E-state index contributed by atoms with van der Waals surface area (Å²) in [5.41, 5.74) is 1.06. The highest BCUT2D eigenvalue weighted by Crippen LogP contribution is 2.14. The van der Waals surface area contributed by atoms with Crippen LogP contribution in [0.2, 0.25) is 0 Å². The number of benzene rings is 1. The number of sulfonamides is 1. The molecule has 24 heavy (non-hydrogen) atoms. The fourth-order valence-corrected chi connectivity index (χ4v) is 3.85. The van der Waals surface area contributed by atoms with Crippen molar-refractivity contribution in [2.24, 2.45) is 0 Å². The first-order chi connectivity index (χ1) is 11.5. The lowest BCUT2D eigenvalue weighted by molar-refractivity contribution is 0.513. The van der Waals surface area contributed by atoms with E-state index in [4.69, 9.17) is 0 Å². The number of rotatable bonds is 12. The van der Waals surface area contributed by atoms with Gasteiger partial charge in [0.25, 0.3) is 0 Å². The molecule has 0 aliphatic rings. The highest BCUT2D eigenvalue weighted by molar-refractivity contribution is 7.89. The summed E-state index contributed by atoms with van der Waals surface area (Å²) in [5, 5.41) is 0. The van der Waals surface area contributed by atoms with Gasteiger partial charge in [0.2, 0.25) is 10.0 Å². The summed E-state index contributed by atoms with van der Waals surface area (Å²) in [4.78, 5) is 0.349. The van der Waals surface area contributed by atoms with Gasteiger partial charge in [0.05, 0.1) is 4.90 Å². The molecule has 1 aromatic carbocycles. The van der Waals surface area contributed by atoms with Gasteiger partial charge in [0, 0.05) is 6.04 Å². The van der Waals surface area contributed by atoms with Crippen molar-refractivity contribution in [1.29, 1.82) is 0 Å². The standard InChI is InChI=1S/C20H33NO2S/c1-4-6-8-9-10-11-13-19(12-7-5-2)21-24(22,23)20-16-14-18(3)15-17-20/h10-11,14-17,19,21H,4-9,12-13H2,1-3H3/b11-10+/t19-/m1/s1. The summed E-state index contributed by atoms with van der Waals surface area (Å²) in [6, 6.07) is 7.00. The van der Waals surface area contributed by atoms with Crippen molar-refractivity contribution < 1.29 is 8.42 Å². The Labute approximate surface area is 148 Å². The predicted molar refractivity (Wildman–Crippen MR) is 103 cm³/mol. The maximum atomic E-state index is 12.6. The molecule has 0 radical (unpaired) electrons. The van der Waals surface area contributed by atoms with E-state index in [9.17, 15) is 8.42 Å². The summed E-state index contributed by atoms with van der Waals surface area (Å²) < 4.78 is 28.0. The zero-order chi connectivity index (χ0) is 17.8. The summed E-state index contributed by atoms with van der Waals surface area (Å²) in [5.74, 6) is 0. The van der Waals surface area contributed by atoms with E-state index in [1.165, 1.54) is 19.3 Å². The van der Waals surface area contributed by atoms with Crippen molar-refractivity contribution >= 4 is 10.0 Å². The van der Waals surface area contributed by atoms with Crippen LogP contribution in [0.5, 0.6) is 0 Å². The largest absolute Gasteiger partial charge is 0.240 e. The molecule has 0 aliphatic heterocycles. The molecule has 0 saturated carbocycles. The van der Waals surface area contributed by atoms with E-state index in [1.54, 1.807) is 12.1 Å². The Kier molecular flexibility index (Phi) is 9.96. The van der Waals surface area contributed by atoms with E-state index < -0.39 is 10.0 Å². The van der Waals surface area contributed by atoms with Gasteiger partial charge in [-0.05, 0) is 44.7 Å². The molecule has 0 unspecified atom stereocenters. The van der Waals surface area contributed by atoms with E-state index in [1.807, 2.05) is 19.1 Å². The second-order valence-corrected chi connectivity index (χ2v) is 8.19. The van der Waals surface area contributed by atoms with Crippen LogP contribution in [0.25, 0.3) is 0 Å². The number of aryl methyl sites for hydroxylation is 1. The number of allylic oxidation sites excluding steroid dienone is 1. The van der Waals surface area contributed by atoms with Gasteiger partial charge in [-0.15, -0.1) is 0 Å². The van der Waals surface area contributed by atoms with Gasteiger partial charge in [0.15, 0.2) is 0 Å². The highest BCUT2D eigenvalue weighted by atomic mass is 32.2. The summed E-state index contributed by atoms with van der Waals surface area (Å²) in [6.07, 6.45) is 12.8. The van der Waals surface area contributed by atoms with E-state index in [2.05, 4.69) is 30.7 Å². The van der Waals surface area contributed by atoms with Crippen LogP contribution < -0.4 is 4.72 Å². The Morgan fingerprint density at radius 1 is 1.00 bits per heavy atom. The second-order valence-electron chi connectivity index (χ2n) is 6.48. The van der Waals surface area contributed by atoms with Gasteiger partial charge in [-0.1, -0.05) is 69.4 Å². The van der Waals surface area contributed by atoms with E-state index in [0.717, 1.165) is 37.7 Å². The highest BCUT2D eigenvalue weighted by Gasteiger charge is 2.18. The van der Waals surface area contributed by atoms with Crippen LogP contribution in [0.4, 0.5) is 0 Å². The molecule has 1 N–H and O–H groups in total. The van der Waals surface area contributed by atoms with Gasteiger partial charge in [-0.2, -0.15) is 0 Å². The first-order valence-corrected chi connectivity index (χ1v) is 10.7. The molecule has 0 spiro atoms. The summed E-state index contributed by atoms with van der Waals surface area (Å²) >= 11 is 0. The molecule has 3 nitrogen and oxygen atoms in total. The van der Waals surface area contributed by atoms with Crippen LogP contribution in [0, 0.1) is 6.92 Å². The van der Waals surface area contributed by atoms with Crippen molar-refractivity contribution in [2.45, 2.75) is 83.1 Å². The maximum Gasteiger partial charge on any atom is 0.240 e. The molecule has 136 valence electrons. The van der Waals surface area contributed by atoms with Gasteiger partial charge < -0.3 is 0 Å². The van der Waals surface area contributed by atoms with Crippen molar-refractivity contribution in [3.05, 3.63) is 42.0 Å². The van der Waals surface area contributed by atoms with Gasteiger partial charge in [-0.3, -0.25) is 0 Å². The third kappa shape index (κ3) is 8.11. The average Bonchev–Trinajstić information content (AvgIpc) is 2.55. The number of nitrogens with one attached hydrogen (secondary N) is 1. The zero-order valence-corrected chi connectivity index (χ0v) is 16.2. The lowest BCUT2D eigenvalue weighted by Crippen LogP contribution is -2.34. The molecule has 4 heteroatoms. The smallest absolute Gasteiger partial charge is 0.208 e. The normalized spacial score (nSPS) is 13.5. The molecule has 1 aromatic rings. The fourth-order valence-electron chi connectivity index (χ4n) is 2.57.